The zero-order valence-electron chi connectivity index (χ0n) is 16.2. The SMILES string of the molecule is O=C(NC1CCCCCC1)[C@@H]1c2ccccc2C(=O)N1Cc1ccc(F)cc1Cl. The molecule has 1 fully saturated rings. The van der Waals surface area contributed by atoms with Gasteiger partial charge in [0.05, 0.1) is 0 Å². The lowest BCUT2D eigenvalue weighted by molar-refractivity contribution is -0.126. The molecule has 0 aromatic heterocycles. The third-order valence-electron chi connectivity index (χ3n) is 5.86. The summed E-state index contributed by atoms with van der Waals surface area (Å²) < 4.78 is 13.4. The van der Waals surface area contributed by atoms with Gasteiger partial charge in [-0.2, -0.15) is 0 Å². The number of nitrogens with zero attached hydrogens (tertiary/aromatic N) is 1. The highest BCUT2D eigenvalue weighted by Crippen LogP contribution is 2.36. The van der Waals surface area contributed by atoms with Crippen LogP contribution in [0.5, 0.6) is 0 Å². The van der Waals surface area contributed by atoms with Gasteiger partial charge in [-0.05, 0) is 42.2 Å². The number of nitrogens with one attached hydrogen (secondary N) is 1. The van der Waals surface area contributed by atoms with Crippen molar-refractivity contribution in [3.05, 3.63) is 70.0 Å². The molecule has 2 aromatic rings. The molecular weight excluding hydrogens is 391 g/mol. The molecule has 29 heavy (non-hydrogen) atoms. The molecule has 1 atom stereocenters. The fourth-order valence-electron chi connectivity index (χ4n) is 4.35. The van der Waals surface area contributed by atoms with Crippen LogP contribution in [-0.4, -0.2) is 22.8 Å². The van der Waals surface area contributed by atoms with Crippen molar-refractivity contribution in [2.24, 2.45) is 0 Å². The number of amides is 2. The molecule has 6 heteroatoms. The standard InChI is InChI=1S/C23H24ClFN2O2/c24-20-13-16(25)12-11-15(20)14-27-21(18-9-5-6-10-19(18)23(27)29)22(28)26-17-7-3-1-2-4-8-17/h5-6,9-13,17,21H,1-4,7-8,14H2,(H,26,28)/t21-/m0/s1. The van der Waals surface area contributed by atoms with Gasteiger partial charge in [-0.3, -0.25) is 9.59 Å². The van der Waals surface area contributed by atoms with Crippen LogP contribution < -0.4 is 5.32 Å². The van der Waals surface area contributed by atoms with Crippen LogP contribution in [0.1, 0.15) is 66.1 Å². The van der Waals surface area contributed by atoms with E-state index >= 15 is 0 Å². The summed E-state index contributed by atoms with van der Waals surface area (Å²) >= 11 is 6.19. The Morgan fingerprint density at radius 3 is 2.55 bits per heavy atom. The highest BCUT2D eigenvalue weighted by molar-refractivity contribution is 6.31. The van der Waals surface area contributed by atoms with Crippen molar-refractivity contribution in [3.63, 3.8) is 0 Å². The second-order valence-corrected chi connectivity index (χ2v) is 8.26. The van der Waals surface area contributed by atoms with Gasteiger partial charge in [0.2, 0.25) is 5.91 Å². The van der Waals surface area contributed by atoms with Crippen molar-refractivity contribution >= 4 is 23.4 Å². The topological polar surface area (TPSA) is 49.4 Å². The summed E-state index contributed by atoms with van der Waals surface area (Å²) in [4.78, 5) is 27.9. The van der Waals surface area contributed by atoms with Crippen molar-refractivity contribution in [3.8, 4) is 0 Å². The number of carbonyl (C=O) groups excluding carboxylic acids is 2. The van der Waals surface area contributed by atoms with Crippen molar-refractivity contribution in [1.82, 2.24) is 10.2 Å². The summed E-state index contributed by atoms with van der Waals surface area (Å²) in [5, 5.41) is 3.42. The van der Waals surface area contributed by atoms with Crippen molar-refractivity contribution in [2.75, 3.05) is 0 Å². The minimum absolute atomic E-state index is 0.143. The van der Waals surface area contributed by atoms with Gasteiger partial charge >= 0.3 is 0 Å². The second kappa shape index (κ2) is 8.54. The van der Waals surface area contributed by atoms with Gasteiger partial charge in [0, 0.05) is 23.2 Å². The van der Waals surface area contributed by atoms with Crippen LogP contribution in [0.15, 0.2) is 42.5 Å². The van der Waals surface area contributed by atoms with E-state index in [9.17, 15) is 14.0 Å². The summed E-state index contributed by atoms with van der Waals surface area (Å²) in [6.07, 6.45) is 6.56. The number of benzene rings is 2. The lowest BCUT2D eigenvalue weighted by Crippen LogP contribution is -2.43. The van der Waals surface area contributed by atoms with Crippen LogP contribution in [0.3, 0.4) is 0 Å². The van der Waals surface area contributed by atoms with E-state index in [0.717, 1.165) is 25.7 Å². The number of carbonyl (C=O) groups is 2. The highest BCUT2D eigenvalue weighted by atomic mass is 35.5. The number of rotatable bonds is 4. The first-order chi connectivity index (χ1) is 14.0. The third-order valence-corrected chi connectivity index (χ3v) is 6.22. The Hall–Kier alpha value is -2.40. The Labute approximate surface area is 175 Å². The summed E-state index contributed by atoms with van der Waals surface area (Å²) in [6.45, 7) is 0.148. The Morgan fingerprint density at radius 1 is 1.10 bits per heavy atom. The predicted octanol–water partition coefficient (Wildman–Crippen LogP) is 5.02. The molecule has 4 nitrogen and oxygen atoms in total. The number of hydrogen-bond acceptors (Lipinski definition) is 2. The first-order valence-corrected chi connectivity index (χ1v) is 10.6. The fourth-order valence-corrected chi connectivity index (χ4v) is 4.58. The summed E-state index contributed by atoms with van der Waals surface area (Å²) in [5.74, 6) is -0.798. The summed E-state index contributed by atoms with van der Waals surface area (Å²) in [7, 11) is 0. The number of fused-ring (bicyclic) bond motifs is 1. The molecule has 1 aliphatic heterocycles. The van der Waals surface area contributed by atoms with Crippen LogP contribution in [0, 0.1) is 5.82 Å². The molecule has 0 bridgehead atoms. The maximum absolute atomic E-state index is 13.4. The van der Waals surface area contributed by atoms with Gasteiger partial charge in [-0.15, -0.1) is 0 Å². The lowest BCUT2D eigenvalue weighted by Gasteiger charge is -2.27. The molecule has 0 unspecified atom stereocenters. The van der Waals surface area contributed by atoms with E-state index in [4.69, 9.17) is 11.6 Å². The zero-order chi connectivity index (χ0) is 20.4. The molecule has 1 heterocycles. The molecule has 0 radical (unpaired) electrons. The Kier molecular flexibility index (Phi) is 5.86. The monoisotopic (exact) mass is 414 g/mol. The highest BCUT2D eigenvalue weighted by Gasteiger charge is 2.41. The fraction of sp³-hybridized carbons (Fsp3) is 0.391. The molecular formula is C23H24ClFN2O2. The molecule has 2 aliphatic rings. The molecule has 152 valence electrons. The van der Waals surface area contributed by atoms with E-state index in [0.29, 0.717) is 16.7 Å². The second-order valence-electron chi connectivity index (χ2n) is 7.86. The summed E-state index contributed by atoms with van der Waals surface area (Å²) in [5.41, 5.74) is 1.86. The zero-order valence-corrected chi connectivity index (χ0v) is 16.9. The van der Waals surface area contributed by atoms with Crippen LogP contribution >= 0.6 is 11.6 Å². The molecule has 0 saturated heterocycles. The number of halogens is 2. The van der Waals surface area contributed by atoms with E-state index in [-0.39, 0.29) is 29.4 Å². The molecule has 1 saturated carbocycles. The van der Waals surface area contributed by atoms with Gasteiger partial charge in [0.25, 0.3) is 5.91 Å². The maximum Gasteiger partial charge on any atom is 0.255 e. The van der Waals surface area contributed by atoms with Crippen molar-refractivity contribution < 1.29 is 14.0 Å². The maximum atomic E-state index is 13.4. The first kappa shape index (κ1) is 19.9. The molecule has 4 rings (SSSR count). The van der Waals surface area contributed by atoms with E-state index in [1.807, 2.05) is 12.1 Å². The minimum Gasteiger partial charge on any atom is -0.351 e. The predicted molar refractivity (Wildman–Crippen MR) is 110 cm³/mol. The molecule has 1 aliphatic carbocycles. The van der Waals surface area contributed by atoms with Crippen molar-refractivity contribution in [1.29, 1.82) is 0 Å². The molecule has 2 aromatic carbocycles. The van der Waals surface area contributed by atoms with Gasteiger partial charge in [-0.25, -0.2) is 4.39 Å². The van der Waals surface area contributed by atoms with Crippen LogP contribution in [0.2, 0.25) is 5.02 Å². The lowest BCUT2D eigenvalue weighted by atomic mass is 10.0. The van der Waals surface area contributed by atoms with Crippen molar-refractivity contribution in [2.45, 2.75) is 57.2 Å². The Morgan fingerprint density at radius 2 is 1.83 bits per heavy atom. The van der Waals surface area contributed by atoms with Gasteiger partial charge in [0.1, 0.15) is 11.9 Å². The smallest absolute Gasteiger partial charge is 0.255 e. The minimum atomic E-state index is -0.705. The molecule has 1 N–H and O–H groups in total. The van der Waals surface area contributed by atoms with Gasteiger partial charge in [-0.1, -0.05) is 61.5 Å². The summed E-state index contributed by atoms with van der Waals surface area (Å²) in [6, 6.07) is 10.8. The van der Waals surface area contributed by atoms with Crippen LogP contribution in [0.25, 0.3) is 0 Å². The van der Waals surface area contributed by atoms with E-state index in [2.05, 4.69) is 5.32 Å². The normalized spacial score (nSPS) is 19.7. The van der Waals surface area contributed by atoms with Crippen LogP contribution in [-0.2, 0) is 11.3 Å². The van der Waals surface area contributed by atoms with E-state index in [1.165, 1.54) is 29.9 Å². The number of hydrogen-bond donors (Lipinski definition) is 1. The third kappa shape index (κ3) is 4.15. The Bertz CT molecular complexity index is 925. The Balaban J connectivity index is 1.62. The van der Waals surface area contributed by atoms with Crippen LogP contribution in [0.4, 0.5) is 4.39 Å². The van der Waals surface area contributed by atoms with Gasteiger partial charge in [0.15, 0.2) is 0 Å². The average Bonchev–Trinajstić information content (AvgIpc) is 2.85. The average molecular weight is 415 g/mol. The largest absolute Gasteiger partial charge is 0.351 e. The first-order valence-electron chi connectivity index (χ1n) is 10.2. The van der Waals surface area contributed by atoms with E-state index < -0.39 is 11.9 Å². The quantitative estimate of drug-likeness (QED) is 0.714. The molecule has 0 spiro atoms. The van der Waals surface area contributed by atoms with Gasteiger partial charge < -0.3 is 10.2 Å². The molecule has 2 amide bonds. The van der Waals surface area contributed by atoms with E-state index in [1.54, 1.807) is 18.2 Å².